The van der Waals surface area contributed by atoms with E-state index in [-0.39, 0.29) is 18.3 Å². The summed E-state index contributed by atoms with van der Waals surface area (Å²) in [6, 6.07) is 11.7. The van der Waals surface area contributed by atoms with Crippen LogP contribution in [0.1, 0.15) is 11.1 Å². The van der Waals surface area contributed by atoms with Crippen molar-refractivity contribution in [3.63, 3.8) is 0 Å². The number of carbonyl (C=O) groups excluding carboxylic acids is 1. The number of benzene rings is 2. The van der Waals surface area contributed by atoms with Gasteiger partial charge in [-0.05, 0) is 55.3 Å². The van der Waals surface area contributed by atoms with Gasteiger partial charge in [-0.2, -0.15) is 9.36 Å². The van der Waals surface area contributed by atoms with Gasteiger partial charge in [0.25, 0.3) is 5.91 Å². The topological polar surface area (TPSA) is 64.1 Å². The Kier molecular flexibility index (Phi) is 5.04. The quantitative estimate of drug-likeness (QED) is 0.750. The number of nitrogens with one attached hydrogen (secondary N) is 1. The number of rotatable bonds is 5. The monoisotopic (exact) mass is 357 g/mol. The molecule has 3 rings (SSSR count). The van der Waals surface area contributed by atoms with Crippen LogP contribution in [0.15, 0.2) is 42.5 Å². The van der Waals surface area contributed by atoms with Crippen LogP contribution in [0.4, 0.5) is 9.52 Å². The Morgan fingerprint density at radius 2 is 1.96 bits per heavy atom. The molecule has 5 nitrogen and oxygen atoms in total. The van der Waals surface area contributed by atoms with E-state index >= 15 is 0 Å². The maximum absolute atomic E-state index is 12.9. The van der Waals surface area contributed by atoms with Gasteiger partial charge in [-0.15, -0.1) is 0 Å². The standard InChI is InChI=1S/C18H16FN3O2S/c1-11-3-4-12(2)15(9-11)24-10-16(23)20-18-21-17(22-25-18)13-5-7-14(19)8-6-13/h3-9H,10H2,1-2H3,(H,20,21,22,23). The fourth-order valence-electron chi connectivity index (χ4n) is 2.15. The zero-order valence-electron chi connectivity index (χ0n) is 13.7. The minimum Gasteiger partial charge on any atom is -0.483 e. The molecule has 1 N–H and O–H groups in total. The summed E-state index contributed by atoms with van der Waals surface area (Å²) in [5, 5.41) is 3.02. The van der Waals surface area contributed by atoms with Gasteiger partial charge in [-0.3, -0.25) is 10.1 Å². The SMILES string of the molecule is Cc1ccc(C)c(OCC(=O)Nc2nc(-c3ccc(F)cc3)ns2)c1. The molecule has 0 aliphatic heterocycles. The largest absolute Gasteiger partial charge is 0.483 e. The minimum atomic E-state index is -0.323. The Hall–Kier alpha value is -2.80. The number of nitrogens with zero attached hydrogens (tertiary/aromatic N) is 2. The van der Waals surface area contributed by atoms with Crippen LogP contribution in [0.2, 0.25) is 0 Å². The molecular weight excluding hydrogens is 341 g/mol. The molecule has 0 aliphatic rings. The molecule has 0 bridgehead atoms. The third-order valence-electron chi connectivity index (χ3n) is 3.48. The number of ether oxygens (including phenoxy) is 1. The first-order chi connectivity index (χ1) is 12.0. The second-order valence-electron chi connectivity index (χ2n) is 5.54. The van der Waals surface area contributed by atoms with Gasteiger partial charge in [-0.1, -0.05) is 12.1 Å². The van der Waals surface area contributed by atoms with Crippen molar-refractivity contribution in [2.45, 2.75) is 13.8 Å². The van der Waals surface area contributed by atoms with E-state index in [4.69, 9.17) is 4.74 Å². The number of hydrogen-bond acceptors (Lipinski definition) is 5. The van der Waals surface area contributed by atoms with Crippen LogP contribution in [-0.4, -0.2) is 21.9 Å². The summed E-state index contributed by atoms with van der Waals surface area (Å²) in [6.45, 7) is 3.77. The average Bonchev–Trinajstić information content (AvgIpc) is 3.05. The van der Waals surface area contributed by atoms with Crippen molar-refractivity contribution < 1.29 is 13.9 Å². The van der Waals surface area contributed by atoms with Gasteiger partial charge in [0.2, 0.25) is 5.13 Å². The molecule has 0 radical (unpaired) electrons. The molecule has 0 atom stereocenters. The van der Waals surface area contributed by atoms with Gasteiger partial charge in [0.15, 0.2) is 12.4 Å². The second kappa shape index (κ2) is 7.40. The first-order valence-corrected chi connectivity index (χ1v) is 8.38. The predicted molar refractivity (Wildman–Crippen MR) is 95.3 cm³/mol. The summed E-state index contributed by atoms with van der Waals surface area (Å²) >= 11 is 1.06. The zero-order chi connectivity index (χ0) is 17.8. The molecule has 0 saturated carbocycles. The van der Waals surface area contributed by atoms with E-state index in [9.17, 15) is 9.18 Å². The number of carbonyl (C=O) groups is 1. The van der Waals surface area contributed by atoms with E-state index in [1.165, 1.54) is 12.1 Å². The van der Waals surface area contributed by atoms with Gasteiger partial charge < -0.3 is 4.74 Å². The van der Waals surface area contributed by atoms with Crippen LogP contribution in [0.5, 0.6) is 5.75 Å². The third kappa shape index (κ3) is 4.39. The van der Waals surface area contributed by atoms with E-state index in [0.29, 0.717) is 22.3 Å². The maximum Gasteiger partial charge on any atom is 0.264 e. The van der Waals surface area contributed by atoms with Crippen molar-refractivity contribution >= 4 is 22.6 Å². The van der Waals surface area contributed by atoms with Crippen LogP contribution in [0.3, 0.4) is 0 Å². The Bertz CT molecular complexity index is 894. The smallest absolute Gasteiger partial charge is 0.264 e. The molecular formula is C18H16FN3O2S. The van der Waals surface area contributed by atoms with Crippen LogP contribution in [0, 0.1) is 19.7 Å². The van der Waals surface area contributed by atoms with Crippen LogP contribution < -0.4 is 10.1 Å². The minimum absolute atomic E-state index is 0.115. The van der Waals surface area contributed by atoms with E-state index < -0.39 is 0 Å². The average molecular weight is 357 g/mol. The summed E-state index contributed by atoms with van der Waals surface area (Å²) in [5.41, 5.74) is 2.71. The van der Waals surface area contributed by atoms with E-state index in [1.54, 1.807) is 12.1 Å². The molecule has 0 saturated heterocycles. The van der Waals surface area contributed by atoms with E-state index in [2.05, 4.69) is 14.7 Å². The lowest BCUT2D eigenvalue weighted by Crippen LogP contribution is -2.20. The van der Waals surface area contributed by atoms with Crippen molar-refractivity contribution in [2.24, 2.45) is 0 Å². The summed E-state index contributed by atoms with van der Waals surface area (Å²) in [6.07, 6.45) is 0. The van der Waals surface area contributed by atoms with Gasteiger partial charge >= 0.3 is 0 Å². The normalized spacial score (nSPS) is 10.5. The second-order valence-corrected chi connectivity index (χ2v) is 6.29. The summed E-state index contributed by atoms with van der Waals surface area (Å²) < 4.78 is 22.7. The Morgan fingerprint density at radius 3 is 2.72 bits per heavy atom. The summed E-state index contributed by atoms with van der Waals surface area (Å²) in [7, 11) is 0. The Balaban J connectivity index is 1.60. The van der Waals surface area contributed by atoms with Crippen molar-refractivity contribution in [1.29, 1.82) is 0 Å². The molecule has 25 heavy (non-hydrogen) atoms. The Morgan fingerprint density at radius 1 is 1.20 bits per heavy atom. The van der Waals surface area contributed by atoms with Gasteiger partial charge in [0.05, 0.1) is 0 Å². The summed E-state index contributed by atoms with van der Waals surface area (Å²) in [4.78, 5) is 16.3. The van der Waals surface area contributed by atoms with Crippen molar-refractivity contribution in [3.8, 4) is 17.1 Å². The third-order valence-corrected chi connectivity index (χ3v) is 4.11. The molecule has 0 unspecified atom stereocenters. The van der Waals surface area contributed by atoms with Gasteiger partial charge in [0, 0.05) is 17.1 Å². The number of hydrogen-bond donors (Lipinski definition) is 1. The lowest BCUT2D eigenvalue weighted by Gasteiger charge is -2.09. The highest BCUT2D eigenvalue weighted by Gasteiger charge is 2.11. The van der Waals surface area contributed by atoms with Crippen molar-refractivity contribution in [2.75, 3.05) is 11.9 Å². The number of aromatic nitrogens is 2. The molecule has 2 aromatic carbocycles. The van der Waals surface area contributed by atoms with Crippen LogP contribution >= 0.6 is 11.5 Å². The van der Waals surface area contributed by atoms with Crippen molar-refractivity contribution in [3.05, 3.63) is 59.4 Å². The van der Waals surface area contributed by atoms with Crippen LogP contribution in [0.25, 0.3) is 11.4 Å². The molecule has 0 fully saturated rings. The number of anilines is 1. The molecule has 128 valence electrons. The van der Waals surface area contributed by atoms with E-state index in [0.717, 1.165) is 22.7 Å². The molecule has 1 aromatic heterocycles. The molecule has 1 heterocycles. The highest BCUT2D eigenvalue weighted by atomic mass is 32.1. The zero-order valence-corrected chi connectivity index (χ0v) is 14.6. The first kappa shape index (κ1) is 17.0. The number of amides is 1. The fourth-order valence-corrected chi connectivity index (χ4v) is 2.76. The fraction of sp³-hybridized carbons (Fsp3) is 0.167. The number of halogens is 1. The van der Waals surface area contributed by atoms with Gasteiger partial charge in [-0.25, -0.2) is 4.39 Å². The van der Waals surface area contributed by atoms with Crippen molar-refractivity contribution in [1.82, 2.24) is 9.36 Å². The molecule has 0 aliphatic carbocycles. The number of aryl methyl sites for hydroxylation is 2. The van der Waals surface area contributed by atoms with E-state index in [1.807, 2.05) is 32.0 Å². The lowest BCUT2D eigenvalue weighted by molar-refractivity contribution is -0.118. The van der Waals surface area contributed by atoms with Crippen LogP contribution in [-0.2, 0) is 4.79 Å². The molecule has 3 aromatic rings. The first-order valence-electron chi connectivity index (χ1n) is 7.61. The predicted octanol–water partition coefficient (Wildman–Crippen LogP) is 3.98. The molecule has 1 amide bonds. The Labute approximate surface area is 148 Å². The highest BCUT2D eigenvalue weighted by molar-refractivity contribution is 7.10. The van der Waals surface area contributed by atoms with Gasteiger partial charge in [0.1, 0.15) is 11.6 Å². The molecule has 0 spiro atoms. The highest BCUT2D eigenvalue weighted by Crippen LogP contribution is 2.22. The summed E-state index contributed by atoms with van der Waals surface area (Å²) in [5.74, 6) is 0.481. The molecule has 7 heteroatoms. The maximum atomic E-state index is 12.9. The lowest BCUT2D eigenvalue weighted by atomic mass is 10.1.